The molecule has 0 saturated heterocycles. The van der Waals surface area contributed by atoms with Gasteiger partial charge in [-0.2, -0.15) is 0 Å². The Balaban J connectivity index is 2.62. The van der Waals surface area contributed by atoms with E-state index in [1.54, 1.807) is 18.2 Å². The molecule has 1 aromatic carbocycles. The van der Waals surface area contributed by atoms with Crippen molar-refractivity contribution < 1.29 is 9.90 Å². The molecule has 0 radical (unpaired) electrons. The number of alkyl halides is 1. The van der Waals surface area contributed by atoms with Crippen LogP contribution in [0.3, 0.4) is 0 Å². The Labute approximate surface area is 111 Å². The molecule has 0 atom stereocenters. The van der Waals surface area contributed by atoms with Gasteiger partial charge in [-0.05, 0) is 24.1 Å². The highest BCUT2D eigenvalue weighted by atomic mass is 79.9. The summed E-state index contributed by atoms with van der Waals surface area (Å²) >= 11 is 3.35. The van der Waals surface area contributed by atoms with Crippen molar-refractivity contribution in [2.24, 2.45) is 0 Å². The van der Waals surface area contributed by atoms with E-state index in [1.165, 1.54) is 0 Å². The van der Waals surface area contributed by atoms with Crippen LogP contribution in [0, 0.1) is 0 Å². The van der Waals surface area contributed by atoms with E-state index in [0.29, 0.717) is 6.42 Å². The van der Waals surface area contributed by atoms with Gasteiger partial charge in [-0.3, -0.25) is 4.79 Å². The molecule has 3 nitrogen and oxygen atoms in total. The SMILES string of the molecule is CCCN(CCBr)C(=O)Cc1cccc(O)c1. The van der Waals surface area contributed by atoms with Crippen LogP contribution in [-0.4, -0.2) is 34.3 Å². The highest BCUT2D eigenvalue weighted by molar-refractivity contribution is 9.09. The normalized spacial score (nSPS) is 10.2. The lowest BCUT2D eigenvalue weighted by atomic mass is 10.1. The van der Waals surface area contributed by atoms with E-state index >= 15 is 0 Å². The fourth-order valence-electron chi connectivity index (χ4n) is 1.69. The van der Waals surface area contributed by atoms with Crippen molar-refractivity contribution in [3.8, 4) is 5.75 Å². The lowest BCUT2D eigenvalue weighted by Crippen LogP contribution is -2.34. The topological polar surface area (TPSA) is 40.5 Å². The van der Waals surface area contributed by atoms with Gasteiger partial charge < -0.3 is 10.0 Å². The Morgan fingerprint density at radius 1 is 1.41 bits per heavy atom. The Morgan fingerprint density at radius 2 is 2.18 bits per heavy atom. The van der Waals surface area contributed by atoms with Gasteiger partial charge in [0.1, 0.15) is 5.75 Å². The van der Waals surface area contributed by atoms with E-state index in [2.05, 4.69) is 22.9 Å². The van der Waals surface area contributed by atoms with E-state index in [-0.39, 0.29) is 11.7 Å². The lowest BCUT2D eigenvalue weighted by molar-refractivity contribution is -0.130. The maximum absolute atomic E-state index is 12.0. The third kappa shape index (κ3) is 4.77. The van der Waals surface area contributed by atoms with Crippen LogP contribution in [0.4, 0.5) is 0 Å². The molecule has 0 fully saturated rings. The van der Waals surface area contributed by atoms with Crippen LogP contribution in [0.1, 0.15) is 18.9 Å². The number of carbonyl (C=O) groups excluding carboxylic acids is 1. The molecule has 1 N–H and O–H groups in total. The predicted molar refractivity (Wildman–Crippen MR) is 72.5 cm³/mol. The molecule has 94 valence electrons. The summed E-state index contributed by atoms with van der Waals surface area (Å²) in [6.45, 7) is 3.57. The zero-order valence-electron chi connectivity index (χ0n) is 10.0. The van der Waals surface area contributed by atoms with Gasteiger partial charge in [-0.1, -0.05) is 35.0 Å². The van der Waals surface area contributed by atoms with E-state index < -0.39 is 0 Å². The second-order valence-corrected chi connectivity index (χ2v) is 4.71. The second kappa shape index (κ2) is 7.33. The molecule has 0 bridgehead atoms. The number of carbonyl (C=O) groups is 1. The zero-order chi connectivity index (χ0) is 12.7. The van der Waals surface area contributed by atoms with E-state index in [1.807, 2.05) is 11.0 Å². The molecule has 0 spiro atoms. The summed E-state index contributed by atoms with van der Waals surface area (Å²) in [7, 11) is 0. The average Bonchev–Trinajstić information content (AvgIpc) is 2.28. The van der Waals surface area contributed by atoms with Gasteiger partial charge in [-0.15, -0.1) is 0 Å². The summed E-state index contributed by atoms with van der Waals surface area (Å²) < 4.78 is 0. The predicted octanol–water partition coefficient (Wildman–Crippen LogP) is 2.57. The minimum absolute atomic E-state index is 0.108. The Bertz CT molecular complexity index is 362. The van der Waals surface area contributed by atoms with Crippen molar-refractivity contribution >= 4 is 21.8 Å². The van der Waals surface area contributed by atoms with E-state index in [0.717, 1.165) is 30.4 Å². The quantitative estimate of drug-likeness (QED) is 0.820. The summed E-state index contributed by atoms with van der Waals surface area (Å²) in [6.07, 6.45) is 1.31. The summed E-state index contributed by atoms with van der Waals surface area (Å²) in [5, 5.41) is 10.1. The molecule has 0 aliphatic carbocycles. The molecular formula is C13H18BrNO2. The summed E-state index contributed by atoms with van der Waals surface area (Å²) in [5.41, 5.74) is 0.852. The maximum atomic E-state index is 12.0. The average molecular weight is 300 g/mol. The first-order chi connectivity index (χ1) is 8.17. The van der Waals surface area contributed by atoms with Crippen molar-refractivity contribution in [1.29, 1.82) is 0 Å². The molecule has 0 aliphatic rings. The highest BCUT2D eigenvalue weighted by Crippen LogP contribution is 2.12. The number of nitrogens with zero attached hydrogens (tertiary/aromatic N) is 1. The number of hydrogen-bond acceptors (Lipinski definition) is 2. The third-order valence-electron chi connectivity index (χ3n) is 2.47. The fourth-order valence-corrected chi connectivity index (χ4v) is 2.11. The second-order valence-electron chi connectivity index (χ2n) is 3.92. The first kappa shape index (κ1) is 14.0. The molecule has 1 amide bonds. The molecule has 0 aromatic heterocycles. The number of phenolic OH excluding ortho intramolecular Hbond substituents is 1. The molecule has 1 aromatic rings. The monoisotopic (exact) mass is 299 g/mol. The largest absolute Gasteiger partial charge is 0.508 e. The van der Waals surface area contributed by atoms with Crippen LogP contribution < -0.4 is 0 Å². The zero-order valence-corrected chi connectivity index (χ0v) is 11.6. The lowest BCUT2D eigenvalue weighted by Gasteiger charge is -2.21. The number of rotatable bonds is 6. The Hall–Kier alpha value is -1.03. The standard InChI is InChI=1S/C13H18BrNO2/c1-2-7-15(8-6-14)13(17)10-11-4-3-5-12(16)9-11/h3-5,9,16H,2,6-8,10H2,1H3. The smallest absolute Gasteiger partial charge is 0.227 e. The molecule has 17 heavy (non-hydrogen) atoms. The van der Waals surface area contributed by atoms with Crippen LogP contribution in [0.2, 0.25) is 0 Å². The molecule has 1 rings (SSSR count). The van der Waals surface area contributed by atoms with Gasteiger partial charge in [0, 0.05) is 18.4 Å². The van der Waals surface area contributed by atoms with Crippen molar-refractivity contribution in [2.45, 2.75) is 19.8 Å². The Morgan fingerprint density at radius 3 is 2.76 bits per heavy atom. The van der Waals surface area contributed by atoms with E-state index in [4.69, 9.17) is 0 Å². The van der Waals surface area contributed by atoms with Crippen LogP contribution in [-0.2, 0) is 11.2 Å². The van der Waals surface area contributed by atoms with Crippen molar-refractivity contribution in [2.75, 3.05) is 18.4 Å². The first-order valence-electron chi connectivity index (χ1n) is 5.79. The van der Waals surface area contributed by atoms with Gasteiger partial charge in [0.2, 0.25) is 5.91 Å². The van der Waals surface area contributed by atoms with E-state index in [9.17, 15) is 9.90 Å². The first-order valence-corrected chi connectivity index (χ1v) is 6.91. The number of hydrogen-bond donors (Lipinski definition) is 1. The van der Waals surface area contributed by atoms with Gasteiger partial charge >= 0.3 is 0 Å². The molecule has 0 heterocycles. The molecule has 0 aliphatic heterocycles. The van der Waals surface area contributed by atoms with Gasteiger partial charge in [-0.25, -0.2) is 0 Å². The third-order valence-corrected chi connectivity index (χ3v) is 2.82. The number of benzene rings is 1. The number of halogens is 1. The minimum Gasteiger partial charge on any atom is -0.508 e. The molecule has 4 heteroatoms. The minimum atomic E-state index is 0.108. The number of aromatic hydroxyl groups is 1. The van der Waals surface area contributed by atoms with Crippen molar-refractivity contribution in [1.82, 2.24) is 4.90 Å². The molecule has 0 unspecified atom stereocenters. The maximum Gasteiger partial charge on any atom is 0.227 e. The molecular weight excluding hydrogens is 282 g/mol. The molecule has 0 saturated carbocycles. The van der Waals surface area contributed by atoms with Gasteiger partial charge in [0.15, 0.2) is 0 Å². The van der Waals surface area contributed by atoms with Crippen LogP contribution in [0.5, 0.6) is 5.75 Å². The van der Waals surface area contributed by atoms with Crippen LogP contribution in [0.15, 0.2) is 24.3 Å². The van der Waals surface area contributed by atoms with Crippen LogP contribution in [0.25, 0.3) is 0 Å². The summed E-state index contributed by atoms with van der Waals surface area (Å²) in [6, 6.07) is 6.86. The Kier molecular flexibility index (Phi) is 6.05. The summed E-state index contributed by atoms with van der Waals surface area (Å²) in [4.78, 5) is 13.9. The van der Waals surface area contributed by atoms with Gasteiger partial charge in [0.05, 0.1) is 6.42 Å². The highest BCUT2D eigenvalue weighted by Gasteiger charge is 2.12. The number of amides is 1. The van der Waals surface area contributed by atoms with Crippen molar-refractivity contribution in [3.63, 3.8) is 0 Å². The van der Waals surface area contributed by atoms with Crippen LogP contribution >= 0.6 is 15.9 Å². The fraction of sp³-hybridized carbons (Fsp3) is 0.462. The summed E-state index contributed by atoms with van der Waals surface area (Å²) in [5.74, 6) is 0.315. The van der Waals surface area contributed by atoms with Crippen molar-refractivity contribution in [3.05, 3.63) is 29.8 Å². The number of phenols is 1. The van der Waals surface area contributed by atoms with Gasteiger partial charge in [0.25, 0.3) is 0 Å².